The third-order valence-electron chi connectivity index (χ3n) is 5.00. The minimum Gasteiger partial charge on any atom is -0.359 e. The van der Waals surface area contributed by atoms with E-state index in [1.165, 1.54) is 24.1 Å². The number of nitrogens with one attached hydrogen (secondary N) is 3. The van der Waals surface area contributed by atoms with Crippen molar-refractivity contribution >= 4 is 39.8 Å². The van der Waals surface area contributed by atoms with Gasteiger partial charge in [-0.15, -0.1) is 0 Å². The van der Waals surface area contributed by atoms with Crippen molar-refractivity contribution in [1.29, 1.82) is 0 Å². The van der Waals surface area contributed by atoms with E-state index >= 15 is 0 Å². The number of para-hydroxylation sites is 1. The molecule has 4 aromatic rings. The van der Waals surface area contributed by atoms with Gasteiger partial charge in [-0.25, -0.2) is 9.97 Å². The van der Waals surface area contributed by atoms with Crippen LogP contribution in [0.5, 0.6) is 0 Å². The predicted octanol–water partition coefficient (Wildman–Crippen LogP) is 6.39. The maximum Gasteiger partial charge on any atom is 0.161 e. The normalized spacial score (nSPS) is 12.7. The van der Waals surface area contributed by atoms with Crippen LogP contribution < -0.4 is 10.6 Å². The summed E-state index contributed by atoms with van der Waals surface area (Å²) in [4.78, 5) is 8.27. The van der Waals surface area contributed by atoms with Crippen LogP contribution in [0, 0.1) is 19.8 Å². The highest BCUT2D eigenvalue weighted by molar-refractivity contribution is 6.32. The highest BCUT2D eigenvalue weighted by Crippen LogP contribution is 2.35. The lowest BCUT2D eigenvalue weighted by molar-refractivity contribution is 1.02. The second-order valence-electron chi connectivity index (χ2n) is 7.65. The van der Waals surface area contributed by atoms with Gasteiger partial charge in [0.2, 0.25) is 0 Å². The van der Waals surface area contributed by atoms with E-state index in [1.54, 1.807) is 6.20 Å². The Morgan fingerprint density at radius 3 is 2.55 bits per heavy atom. The molecule has 0 saturated heterocycles. The molecule has 2 aromatic carbocycles. The van der Waals surface area contributed by atoms with Gasteiger partial charge in [0.25, 0.3) is 0 Å². The van der Waals surface area contributed by atoms with E-state index in [-0.39, 0.29) is 0 Å². The summed E-state index contributed by atoms with van der Waals surface area (Å²) >= 11 is 6.04. The lowest BCUT2D eigenvalue weighted by Gasteiger charge is -2.08. The number of H-pyrrole nitrogens is 1. The SMILES string of the molecule is C=C(Nc1ccc(C)cc1)C1CC1.Cc1ncc(Cl)c(Nc2n[nH]c3ccccc23)n1. The lowest BCUT2D eigenvalue weighted by atomic mass is 10.2. The van der Waals surface area contributed by atoms with Crippen molar-refractivity contribution in [3.8, 4) is 0 Å². The first-order chi connectivity index (χ1) is 15.0. The van der Waals surface area contributed by atoms with Crippen molar-refractivity contribution in [1.82, 2.24) is 20.2 Å². The van der Waals surface area contributed by atoms with Crippen molar-refractivity contribution < 1.29 is 0 Å². The summed E-state index contributed by atoms with van der Waals surface area (Å²) in [5, 5.41) is 15.1. The second-order valence-corrected chi connectivity index (χ2v) is 8.05. The van der Waals surface area contributed by atoms with Gasteiger partial charge >= 0.3 is 0 Å². The third-order valence-corrected chi connectivity index (χ3v) is 5.27. The van der Waals surface area contributed by atoms with Gasteiger partial charge in [0, 0.05) is 16.8 Å². The highest BCUT2D eigenvalue weighted by atomic mass is 35.5. The first kappa shape index (κ1) is 20.9. The van der Waals surface area contributed by atoms with Crippen LogP contribution in [-0.2, 0) is 0 Å². The molecule has 1 fully saturated rings. The fourth-order valence-corrected chi connectivity index (χ4v) is 3.21. The molecular formula is C24H25ClN6. The molecule has 1 saturated carbocycles. The number of hydrogen-bond acceptors (Lipinski definition) is 5. The maximum atomic E-state index is 6.04. The number of fused-ring (bicyclic) bond motifs is 1. The first-order valence-corrected chi connectivity index (χ1v) is 10.6. The number of anilines is 3. The standard InChI is InChI=1S/C12H10ClN5.C12H15N/c1-7-14-6-9(13)12(15-7)16-11-8-4-2-3-5-10(8)17-18-11;1-9-3-7-12(8-4-9)13-10(2)11-5-6-11/h2-6H,1H3,(H2,14,15,16,17,18);3-4,7-8,11,13H,2,5-6H2,1H3. The zero-order valence-electron chi connectivity index (χ0n) is 17.6. The molecule has 31 heavy (non-hydrogen) atoms. The molecule has 1 aliphatic carbocycles. The topological polar surface area (TPSA) is 78.5 Å². The van der Waals surface area contributed by atoms with Crippen molar-refractivity contribution in [2.24, 2.45) is 5.92 Å². The molecule has 0 atom stereocenters. The Hall–Kier alpha value is -3.38. The molecule has 0 unspecified atom stereocenters. The molecular weight excluding hydrogens is 408 g/mol. The molecule has 1 aliphatic rings. The number of nitrogens with zero attached hydrogens (tertiary/aromatic N) is 3. The van der Waals surface area contributed by atoms with Gasteiger partial charge in [-0.2, -0.15) is 5.10 Å². The lowest BCUT2D eigenvalue weighted by Crippen LogP contribution is -1.99. The number of hydrogen-bond donors (Lipinski definition) is 3. The van der Waals surface area contributed by atoms with E-state index in [0.29, 0.717) is 22.5 Å². The van der Waals surface area contributed by atoms with Crippen molar-refractivity contribution in [2.75, 3.05) is 10.6 Å². The van der Waals surface area contributed by atoms with Gasteiger partial charge in [-0.1, -0.05) is 48.0 Å². The summed E-state index contributed by atoms with van der Waals surface area (Å²) in [6, 6.07) is 16.3. The fraction of sp³-hybridized carbons (Fsp3) is 0.208. The van der Waals surface area contributed by atoms with E-state index in [0.717, 1.165) is 22.5 Å². The number of aromatic nitrogens is 4. The quantitative estimate of drug-likeness (QED) is 0.340. The number of benzene rings is 2. The molecule has 158 valence electrons. The number of halogens is 1. The largest absolute Gasteiger partial charge is 0.359 e. The van der Waals surface area contributed by atoms with Gasteiger partial charge in [0.15, 0.2) is 11.6 Å². The zero-order chi connectivity index (χ0) is 21.8. The van der Waals surface area contributed by atoms with E-state index in [1.807, 2.05) is 31.2 Å². The number of allylic oxidation sites excluding steroid dienone is 1. The Morgan fingerprint density at radius 2 is 1.81 bits per heavy atom. The molecule has 0 spiro atoms. The van der Waals surface area contributed by atoms with Crippen LogP contribution in [0.4, 0.5) is 17.3 Å². The highest BCUT2D eigenvalue weighted by Gasteiger charge is 2.24. The van der Waals surface area contributed by atoms with Crippen LogP contribution in [0.25, 0.3) is 10.9 Å². The van der Waals surface area contributed by atoms with Crippen LogP contribution in [0.3, 0.4) is 0 Å². The van der Waals surface area contributed by atoms with Crippen LogP contribution in [0.15, 0.2) is 67.0 Å². The number of aryl methyl sites for hydroxylation is 2. The molecule has 7 heteroatoms. The Labute approximate surface area is 186 Å². The molecule has 0 radical (unpaired) electrons. The van der Waals surface area contributed by atoms with Crippen molar-refractivity contribution in [3.63, 3.8) is 0 Å². The Bertz CT molecular complexity index is 1190. The van der Waals surface area contributed by atoms with E-state index in [9.17, 15) is 0 Å². The van der Waals surface area contributed by atoms with Crippen molar-refractivity contribution in [3.05, 3.63) is 83.4 Å². The summed E-state index contributed by atoms with van der Waals surface area (Å²) < 4.78 is 0. The molecule has 0 aliphatic heterocycles. The molecule has 3 N–H and O–H groups in total. The van der Waals surface area contributed by atoms with Crippen molar-refractivity contribution in [2.45, 2.75) is 26.7 Å². The van der Waals surface area contributed by atoms with Crippen LogP contribution in [-0.4, -0.2) is 20.2 Å². The first-order valence-electron chi connectivity index (χ1n) is 10.2. The van der Waals surface area contributed by atoms with Gasteiger partial charge in [0.1, 0.15) is 10.8 Å². The molecule has 6 nitrogen and oxygen atoms in total. The van der Waals surface area contributed by atoms with Crippen LogP contribution in [0.1, 0.15) is 24.2 Å². The van der Waals surface area contributed by atoms with Gasteiger partial charge in [-0.3, -0.25) is 5.10 Å². The minimum atomic E-state index is 0.465. The number of rotatable bonds is 5. The maximum absolute atomic E-state index is 6.04. The molecule has 5 rings (SSSR count). The monoisotopic (exact) mass is 432 g/mol. The number of aromatic amines is 1. The molecule has 2 aromatic heterocycles. The summed E-state index contributed by atoms with van der Waals surface area (Å²) in [7, 11) is 0. The predicted molar refractivity (Wildman–Crippen MR) is 128 cm³/mol. The second kappa shape index (κ2) is 9.18. The Morgan fingerprint density at radius 1 is 1.06 bits per heavy atom. The summed E-state index contributed by atoms with van der Waals surface area (Å²) in [5.41, 5.74) is 4.58. The average molecular weight is 433 g/mol. The summed E-state index contributed by atoms with van der Waals surface area (Å²) in [5.74, 6) is 2.63. The van der Waals surface area contributed by atoms with E-state index in [2.05, 4.69) is 68.6 Å². The van der Waals surface area contributed by atoms with Crippen LogP contribution >= 0.6 is 11.6 Å². The average Bonchev–Trinajstić information content (AvgIpc) is 3.55. The molecule has 2 heterocycles. The van der Waals surface area contributed by atoms with E-state index < -0.39 is 0 Å². The van der Waals surface area contributed by atoms with E-state index in [4.69, 9.17) is 11.6 Å². The smallest absolute Gasteiger partial charge is 0.161 e. The molecule has 0 bridgehead atoms. The Kier molecular flexibility index (Phi) is 6.18. The summed E-state index contributed by atoms with van der Waals surface area (Å²) in [6.45, 7) is 7.93. The summed E-state index contributed by atoms with van der Waals surface area (Å²) in [6.07, 6.45) is 4.18. The van der Waals surface area contributed by atoms with Gasteiger partial charge < -0.3 is 10.6 Å². The van der Waals surface area contributed by atoms with Crippen LogP contribution in [0.2, 0.25) is 5.02 Å². The van der Waals surface area contributed by atoms with Gasteiger partial charge in [-0.05, 0) is 56.9 Å². The van der Waals surface area contributed by atoms with Gasteiger partial charge in [0.05, 0.1) is 11.7 Å². The minimum absolute atomic E-state index is 0.465. The third kappa shape index (κ3) is 5.41. The molecule has 0 amide bonds. The Balaban J connectivity index is 0.000000158. The fourth-order valence-electron chi connectivity index (χ4n) is 3.07. The zero-order valence-corrected chi connectivity index (χ0v) is 18.4.